The highest BCUT2D eigenvalue weighted by Crippen LogP contribution is 2.27. The van der Waals surface area contributed by atoms with Gasteiger partial charge in [-0.1, -0.05) is 37.6 Å². The van der Waals surface area contributed by atoms with Gasteiger partial charge >= 0.3 is 0 Å². The summed E-state index contributed by atoms with van der Waals surface area (Å²) in [5, 5.41) is 6.81. The quantitative estimate of drug-likeness (QED) is 0.887. The summed E-state index contributed by atoms with van der Waals surface area (Å²) in [5.41, 5.74) is 13.4. The fourth-order valence-electron chi connectivity index (χ4n) is 2.41. The van der Waals surface area contributed by atoms with Crippen LogP contribution in [-0.2, 0) is 6.42 Å². The van der Waals surface area contributed by atoms with E-state index in [4.69, 9.17) is 5.73 Å². The van der Waals surface area contributed by atoms with Crippen LogP contribution in [0.2, 0.25) is 0 Å². The highest BCUT2D eigenvalue weighted by molar-refractivity contribution is 5.69. The van der Waals surface area contributed by atoms with Crippen LogP contribution in [0.4, 0.5) is 0 Å². The number of allylic oxidation sites excluding steroid dienone is 1. The van der Waals surface area contributed by atoms with Gasteiger partial charge in [0.05, 0.1) is 6.20 Å². The molecular weight excluding hydrogens is 246 g/mol. The summed E-state index contributed by atoms with van der Waals surface area (Å²) in [6.07, 6.45) is 4.58. The van der Waals surface area contributed by atoms with Crippen molar-refractivity contribution in [2.24, 2.45) is 5.73 Å². The van der Waals surface area contributed by atoms with Crippen molar-refractivity contribution in [1.82, 2.24) is 10.2 Å². The molecular formula is C17H23N3. The second-order valence-corrected chi connectivity index (χ2v) is 5.72. The molecule has 0 fully saturated rings. The van der Waals surface area contributed by atoms with Gasteiger partial charge in [0.15, 0.2) is 0 Å². The molecule has 106 valence electrons. The molecule has 2 aromatic rings. The van der Waals surface area contributed by atoms with Crippen LogP contribution >= 0.6 is 0 Å². The third-order valence-electron chi connectivity index (χ3n) is 3.60. The Morgan fingerprint density at radius 3 is 2.70 bits per heavy atom. The summed E-state index contributed by atoms with van der Waals surface area (Å²) >= 11 is 0. The zero-order chi connectivity index (χ0) is 14.7. The van der Waals surface area contributed by atoms with Crippen molar-refractivity contribution in [3.63, 3.8) is 0 Å². The van der Waals surface area contributed by atoms with E-state index in [1.165, 1.54) is 16.7 Å². The number of hydrogen-bond acceptors (Lipinski definition) is 2. The fraction of sp³-hybridized carbons (Fsp3) is 0.353. The molecule has 0 saturated heterocycles. The Balaban J connectivity index is 2.39. The predicted molar refractivity (Wildman–Crippen MR) is 84.3 cm³/mol. The van der Waals surface area contributed by atoms with Gasteiger partial charge in [0.1, 0.15) is 0 Å². The highest BCUT2D eigenvalue weighted by Gasteiger charge is 2.11. The Hall–Kier alpha value is -2.03. The lowest BCUT2D eigenvalue weighted by atomic mass is 9.91. The van der Waals surface area contributed by atoms with Gasteiger partial charge in [-0.15, -0.1) is 0 Å². The van der Waals surface area contributed by atoms with Gasteiger partial charge in [0.25, 0.3) is 0 Å². The van der Waals surface area contributed by atoms with Gasteiger partial charge in [0, 0.05) is 17.5 Å². The third kappa shape index (κ3) is 3.10. The molecule has 2 rings (SSSR count). The molecule has 0 aliphatic heterocycles. The molecule has 0 aliphatic rings. The third-order valence-corrected chi connectivity index (χ3v) is 3.60. The van der Waals surface area contributed by atoms with Gasteiger partial charge < -0.3 is 5.73 Å². The lowest BCUT2D eigenvalue weighted by Crippen LogP contribution is -2.06. The molecule has 0 bridgehead atoms. The maximum Gasteiger partial charge on any atom is 0.0522 e. The molecule has 3 heteroatoms. The van der Waals surface area contributed by atoms with Crippen LogP contribution in [0.15, 0.2) is 36.2 Å². The SMILES string of the molecule is C/C(Cc1cn[nH]c1)=C(\N)c1ccc(C)cc1C(C)C. The van der Waals surface area contributed by atoms with Crippen LogP contribution in [0.25, 0.3) is 5.70 Å². The smallest absolute Gasteiger partial charge is 0.0522 e. The van der Waals surface area contributed by atoms with E-state index >= 15 is 0 Å². The summed E-state index contributed by atoms with van der Waals surface area (Å²) in [4.78, 5) is 0. The maximum atomic E-state index is 6.39. The molecule has 1 heterocycles. The topological polar surface area (TPSA) is 54.7 Å². The number of nitrogens with one attached hydrogen (secondary N) is 1. The molecule has 20 heavy (non-hydrogen) atoms. The molecule has 0 saturated carbocycles. The molecule has 0 radical (unpaired) electrons. The number of nitrogens with two attached hydrogens (primary N) is 1. The predicted octanol–water partition coefficient (Wildman–Crippen LogP) is 3.77. The van der Waals surface area contributed by atoms with E-state index in [0.29, 0.717) is 5.92 Å². The minimum absolute atomic E-state index is 0.463. The Labute approximate surface area is 120 Å². The molecule has 0 amide bonds. The summed E-state index contributed by atoms with van der Waals surface area (Å²) in [6, 6.07) is 6.50. The second kappa shape index (κ2) is 5.95. The van der Waals surface area contributed by atoms with Gasteiger partial charge in [-0.2, -0.15) is 5.10 Å². The van der Waals surface area contributed by atoms with Crippen molar-refractivity contribution >= 4 is 5.70 Å². The Morgan fingerprint density at radius 1 is 1.35 bits per heavy atom. The van der Waals surface area contributed by atoms with E-state index in [2.05, 4.69) is 56.1 Å². The van der Waals surface area contributed by atoms with E-state index in [0.717, 1.165) is 23.2 Å². The molecule has 0 atom stereocenters. The fourth-order valence-corrected chi connectivity index (χ4v) is 2.41. The molecule has 1 aromatic heterocycles. The normalized spacial score (nSPS) is 12.7. The van der Waals surface area contributed by atoms with Crippen molar-refractivity contribution < 1.29 is 0 Å². The van der Waals surface area contributed by atoms with Crippen LogP contribution in [0.3, 0.4) is 0 Å². The van der Waals surface area contributed by atoms with E-state index in [1.807, 2.05) is 12.4 Å². The number of hydrogen-bond donors (Lipinski definition) is 2. The minimum Gasteiger partial charge on any atom is -0.398 e. The summed E-state index contributed by atoms with van der Waals surface area (Å²) < 4.78 is 0. The first-order valence-corrected chi connectivity index (χ1v) is 7.03. The van der Waals surface area contributed by atoms with Crippen LogP contribution in [0, 0.1) is 6.92 Å². The first kappa shape index (κ1) is 14.4. The van der Waals surface area contributed by atoms with Crippen molar-refractivity contribution in [3.05, 3.63) is 58.4 Å². The van der Waals surface area contributed by atoms with E-state index < -0.39 is 0 Å². The van der Waals surface area contributed by atoms with Crippen LogP contribution < -0.4 is 5.73 Å². The van der Waals surface area contributed by atoms with E-state index in [-0.39, 0.29) is 0 Å². The highest BCUT2D eigenvalue weighted by atomic mass is 15.1. The number of H-pyrrole nitrogens is 1. The molecule has 1 aromatic carbocycles. The molecule has 0 spiro atoms. The number of rotatable bonds is 4. The first-order valence-electron chi connectivity index (χ1n) is 7.03. The summed E-state index contributed by atoms with van der Waals surface area (Å²) in [6.45, 7) is 8.62. The lowest BCUT2D eigenvalue weighted by Gasteiger charge is -2.16. The first-order chi connectivity index (χ1) is 9.49. The standard InChI is InChI=1S/C17H23N3/c1-11(2)16-7-12(3)5-6-15(16)17(18)13(4)8-14-9-19-20-10-14/h5-7,9-11H,8,18H2,1-4H3,(H,19,20)/b17-13+. The zero-order valence-corrected chi connectivity index (χ0v) is 12.7. The summed E-state index contributed by atoms with van der Waals surface area (Å²) in [5.74, 6) is 0.463. The Morgan fingerprint density at radius 2 is 2.10 bits per heavy atom. The monoisotopic (exact) mass is 269 g/mol. The van der Waals surface area contributed by atoms with Crippen molar-refractivity contribution in [1.29, 1.82) is 0 Å². The molecule has 0 aliphatic carbocycles. The number of aromatic nitrogens is 2. The van der Waals surface area contributed by atoms with Crippen LogP contribution in [0.5, 0.6) is 0 Å². The van der Waals surface area contributed by atoms with Crippen LogP contribution in [-0.4, -0.2) is 10.2 Å². The molecule has 3 N–H and O–H groups in total. The number of benzene rings is 1. The largest absolute Gasteiger partial charge is 0.398 e. The van der Waals surface area contributed by atoms with E-state index in [9.17, 15) is 0 Å². The average Bonchev–Trinajstić information content (AvgIpc) is 2.90. The van der Waals surface area contributed by atoms with Gasteiger partial charge in [0.2, 0.25) is 0 Å². The van der Waals surface area contributed by atoms with Crippen LogP contribution in [0.1, 0.15) is 48.9 Å². The van der Waals surface area contributed by atoms with Crippen molar-refractivity contribution in [2.75, 3.05) is 0 Å². The lowest BCUT2D eigenvalue weighted by molar-refractivity contribution is 0.859. The number of aromatic amines is 1. The van der Waals surface area contributed by atoms with Crippen molar-refractivity contribution in [2.45, 2.75) is 40.0 Å². The Kier molecular flexibility index (Phi) is 4.28. The zero-order valence-electron chi connectivity index (χ0n) is 12.7. The van der Waals surface area contributed by atoms with E-state index in [1.54, 1.807) is 0 Å². The van der Waals surface area contributed by atoms with Gasteiger partial charge in [-0.3, -0.25) is 5.10 Å². The maximum absolute atomic E-state index is 6.39. The van der Waals surface area contributed by atoms with Crippen molar-refractivity contribution in [3.8, 4) is 0 Å². The second-order valence-electron chi connectivity index (χ2n) is 5.72. The van der Waals surface area contributed by atoms with Gasteiger partial charge in [-0.05, 0) is 42.9 Å². The average molecular weight is 269 g/mol. The molecule has 3 nitrogen and oxygen atoms in total. The van der Waals surface area contributed by atoms with Gasteiger partial charge in [-0.25, -0.2) is 0 Å². The summed E-state index contributed by atoms with van der Waals surface area (Å²) in [7, 11) is 0. The Bertz CT molecular complexity index is 607. The number of aryl methyl sites for hydroxylation is 1. The number of nitrogens with zero attached hydrogens (tertiary/aromatic N) is 1. The molecule has 0 unspecified atom stereocenters. The minimum atomic E-state index is 0.463.